The van der Waals surface area contributed by atoms with Crippen LogP contribution in [0.2, 0.25) is 5.02 Å². The van der Waals surface area contributed by atoms with Crippen LogP contribution in [0.5, 0.6) is 0 Å². The zero-order chi connectivity index (χ0) is 9.84. The molecule has 2 nitrogen and oxygen atoms in total. The molecule has 0 radical (unpaired) electrons. The first-order valence-corrected chi connectivity index (χ1v) is 5.34. The normalized spacial score (nSPS) is 9.77. The lowest BCUT2D eigenvalue weighted by Gasteiger charge is -2.05. The molecule has 0 atom stereocenters. The first-order valence-electron chi connectivity index (χ1n) is 3.89. The summed E-state index contributed by atoms with van der Waals surface area (Å²) in [7, 11) is 0. The molecule has 70 valence electrons. The van der Waals surface area contributed by atoms with Gasteiger partial charge in [-0.3, -0.25) is 4.79 Å². The van der Waals surface area contributed by atoms with Crippen LogP contribution in [0.3, 0.4) is 0 Å². The first kappa shape index (κ1) is 10.8. The predicted octanol–water partition coefficient (Wildman–Crippen LogP) is 2.69. The molecule has 1 aromatic carbocycles. The van der Waals surface area contributed by atoms with Gasteiger partial charge in [0.25, 0.3) is 5.91 Å². The molecular weight excluding hydrogens is 300 g/mol. The zero-order valence-electron chi connectivity index (χ0n) is 7.10. The van der Waals surface area contributed by atoms with E-state index in [2.05, 4.69) is 27.9 Å². The fourth-order valence-corrected chi connectivity index (χ4v) is 2.13. The van der Waals surface area contributed by atoms with Gasteiger partial charge in [0.05, 0.1) is 10.6 Å². The first-order chi connectivity index (χ1) is 6.16. The summed E-state index contributed by atoms with van der Waals surface area (Å²) in [6.07, 6.45) is 0. The van der Waals surface area contributed by atoms with Crippen molar-refractivity contribution in [3.8, 4) is 0 Å². The van der Waals surface area contributed by atoms with Crippen LogP contribution in [-0.4, -0.2) is 12.5 Å². The van der Waals surface area contributed by atoms with Crippen molar-refractivity contribution in [3.05, 3.63) is 32.4 Å². The highest BCUT2D eigenvalue weighted by atomic mass is 127. The van der Waals surface area contributed by atoms with Crippen molar-refractivity contribution in [2.24, 2.45) is 0 Å². The number of carbonyl (C=O) groups excluding carboxylic acids is 1. The van der Waals surface area contributed by atoms with E-state index in [-0.39, 0.29) is 5.91 Å². The quantitative estimate of drug-likeness (QED) is 0.836. The highest BCUT2D eigenvalue weighted by Crippen LogP contribution is 2.21. The molecule has 1 amide bonds. The van der Waals surface area contributed by atoms with Crippen molar-refractivity contribution in [2.45, 2.75) is 6.92 Å². The van der Waals surface area contributed by atoms with Crippen LogP contribution in [0.15, 0.2) is 18.2 Å². The molecule has 13 heavy (non-hydrogen) atoms. The van der Waals surface area contributed by atoms with E-state index in [0.717, 1.165) is 3.57 Å². The summed E-state index contributed by atoms with van der Waals surface area (Å²) >= 11 is 7.99. The molecule has 0 saturated carbocycles. The summed E-state index contributed by atoms with van der Waals surface area (Å²) in [5.41, 5.74) is 0.562. The van der Waals surface area contributed by atoms with Crippen LogP contribution in [0.4, 0.5) is 0 Å². The van der Waals surface area contributed by atoms with Gasteiger partial charge < -0.3 is 5.32 Å². The Bertz CT molecular complexity index is 307. The maximum Gasteiger partial charge on any atom is 0.253 e. The summed E-state index contributed by atoms with van der Waals surface area (Å²) in [6, 6.07) is 5.40. The Morgan fingerprint density at radius 3 is 2.85 bits per heavy atom. The van der Waals surface area contributed by atoms with Gasteiger partial charge in [-0.2, -0.15) is 0 Å². The molecule has 0 aliphatic carbocycles. The third kappa shape index (κ3) is 2.57. The average molecular weight is 310 g/mol. The highest BCUT2D eigenvalue weighted by Gasteiger charge is 2.12. The van der Waals surface area contributed by atoms with Crippen LogP contribution in [-0.2, 0) is 0 Å². The number of amides is 1. The van der Waals surface area contributed by atoms with Crippen molar-refractivity contribution in [1.29, 1.82) is 0 Å². The van der Waals surface area contributed by atoms with Crippen molar-refractivity contribution in [2.75, 3.05) is 6.54 Å². The van der Waals surface area contributed by atoms with Gasteiger partial charge in [0.1, 0.15) is 0 Å². The molecule has 0 aliphatic heterocycles. The lowest BCUT2D eigenvalue weighted by Crippen LogP contribution is -2.23. The summed E-state index contributed by atoms with van der Waals surface area (Å²) in [5, 5.41) is 3.21. The summed E-state index contributed by atoms with van der Waals surface area (Å²) in [5.74, 6) is -0.113. The van der Waals surface area contributed by atoms with E-state index < -0.39 is 0 Å². The molecule has 1 N–H and O–H groups in total. The minimum atomic E-state index is -0.113. The maximum absolute atomic E-state index is 11.5. The molecule has 1 aromatic rings. The van der Waals surface area contributed by atoms with E-state index >= 15 is 0 Å². The molecule has 1 rings (SSSR count). The number of nitrogens with one attached hydrogen (secondary N) is 1. The molecule has 0 aromatic heterocycles. The topological polar surface area (TPSA) is 29.1 Å². The van der Waals surface area contributed by atoms with Gasteiger partial charge in [-0.15, -0.1) is 0 Å². The Hall–Kier alpha value is -0.290. The summed E-state index contributed by atoms with van der Waals surface area (Å²) in [6.45, 7) is 2.49. The molecule has 0 unspecified atom stereocenters. The SMILES string of the molecule is CCNC(=O)c1c(Cl)cccc1I. The number of rotatable bonds is 2. The Balaban J connectivity index is 3.05. The van der Waals surface area contributed by atoms with E-state index in [1.54, 1.807) is 6.07 Å². The van der Waals surface area contributed by atoms with Crippen molar-refractivity contribution in [1.82, 2.24) is 5.32 Å². The van der Waals surface area contributed by atoms with E-state index in [4.69, 9.17) is 11.6 Å². The molecule has 0 heterocycles. The highest BCUT2D eigenvalue weighted by molar-refractivity contribution is 14.1. The number of carbonyl (C=O) groups is 1. The van der Waals surface area contributed by atoms with E-state index in [9.17, 15) is 4.79 Å². The van der Waals surface area contributed by atoms with E-state index in [1.807, 2.05) is 19.1 Å². The largest absolute Gasteiger partial charge is 0.352 e. The van der Waals surface area contributed by atoms with Gasteiger partial charge in [-0.25, -0.2) is 0 Å². The Kier molecular flexibility index (Phi) is 3.99. The van der Waals surface area contributed by atoms with Gasteiger partial charge in [-0.1, -0.05) is 17.7 Å². The monoisotopic (exact) mass is 309 g/mol. The number of halogens is 2. The lowest BCUT2D eigenvalue weighted by atomic mass is 10.2. The second-order valence-electron chi connectivity index (χ2n) is 2.46. The van der Waals surface area contributed by atoms with E-state index in [0.29, 0.717) is 17.1 Å². The molecule has 0 aliphatic rings. The van der Waals surface area contributed by atoms with Crippen molar-refractivity contribution < 1.29 is 4.79 Å². The number of hydrogen-bond acceptors (Lipinski definition) is 1. The summed E-state index contributed by atoms with van der Waals surface area (Å²) < 4.78 is 0.871. The van der Waals surface area contributed by atoms with Gasteiger partial charge >= 0.3 is 0 Å². The lowest BCUT2D eigenvalue weighted by molar-refractivity contribution is 0.0955. The second kappa shape index (κ2) is 4.81. The third-order valence-electron chi connectivity index (χ3n) is 1.53. The Labute approximate surface area is 95.8 Å². The van der Waals surface area contributed by atoms with Gasteiger partial charge in [0, 0.05) is 10.1 Å². The van der Waals surface area contributed by atoms with E-state index in [1.165, 1.54) is 0 Å². The van der Waals surface area contributed by atoms with Crippen molar-refractivity contribution >= 4 is 40.1 Å². The maximum atomic E-state index is 11.5. The van der Waals surface area contributed by atoms with Crippen LogP contribution in [0, 0.1) is 3.57 Å². The number of benzene rings is 1. The van der Waals surface area contributed by atoms with Gasteiger partial charge in [0.2, 0.25) is 0 Å². The fourth-order valence-electron chi connectivity index (χ4n) is 0.964. The van der Waals surface area contributed by atoms with Gasteiger partial charge in [-0.05, 0) is 41.6 Å². The average Bonchev–Trinajstić information content (AvgIpc) is 2.04. The Morgan fingerprint density at radius 2 is 2.31 bits per heavy atom. The molecule has 0 bridgehead atoms. The minimum absolute atomic E-state index is 0.113. The fraction of sp³-hybridized carbons (Fsp3) is 0.222. The summed E-state index contributed by atoms with van der Waals surface area (Å²) in [4.78, 5) is 11.5. The van der Waals surface area contributed by atoms with Crippen LogP contribution >= 0.6 is 34.2 Å². The third-order valence-corrected chi connectivity index (χ3v) is 2.74. The van der Waals surface area contributed by atoms with Crippen LogP contribution in [0.1, 0.15) is 17.3 Å². The van der Waals surface area contributed by atoms with Gasteiger partial charge in [0.15, 0.2) is 0 Å². The smallest absolute Gasteiger partial charge is 0.253 e. The molecule has 0 fully saturated rings. The Morgan fingerprint density at radius 1 is 1.62 bits per heavy atom. The van der Waals surface area contributed by atoms with Crippen LogP contribution < -0.4 is 5.32 Å². The molecule has 0 spiro atoms. The molecule has 0 saturated heterocycles. The standard InChI is InChI=1S/C9H9ClINO/c1-2-12-9(13)8-6(10)4-3-5-7(8)11/h3-5H,2H2,1H3,(H,12,13). The zero-order valence-corrected chi connectivity index (χ0v) is 10.0. The molecule has 4 heteroatoms. The second-order valence-corrected chi connectivity index (χ2v) is 4.03. The predicted molar refractivity (Wildman–Crippen MR) is 62.2 cm³/mol. The van der Waals surface area contributed by atoms with Crippen molar-refractivity contribution in [3.63, 3.8) is 0 Å². The number of hydrogen-bond donors (Lipinski definition) is 1. The van der Waals surface area contributed by atoms with Crippen LogP contribution in [0.25, 0.3) is 0 Å². The minimum Gasteiger partial charge on any atom is -0.352 e. The molecular formula is C9H9ClINO.